The van der Waals surface area contributed by atoms with Crippen molar-refractivity contribution in [3.63, 3.8) is 0 Å². The van der Waals surface area contributed by atoms with Gasteiger partial charge in [-0.2, -0.15) is 13.2 Å². The van der Waals surface area contributed by atoms with Gasteiger partial charge in [-0.25, -0.2) is 0 Å². The van der Waals surface area contributed by atoms with E-state index in [2.05, 4.69) is 15.5 Å². The lowest BCUT2D eigenvalue weighted by molar-refractivity contribution is -0.138. The Hall–Kier alpha value is -3.10. The molecule has 1 aromatic carbocycles. The summed E-state index contributed by atoms with van der Waals surface area (Å²) >= 11 is 0. The molecule has 26 heavy (non-hydrogen) atoms. The van der Waals surface area contributed by atoms with Crippen LogP contribution in [0.25, 0.3) is 0 Å². The molecule has 0 unspecified atom stereocenters. The predicted molar refractivity (Wildman–Crippen MR) is 87.8 cm³/mol. The zero-order chi connectivity index (χ0) is 19.0. The Bertz CT molecular complexity index is 779. The van der Waals surface area contributed by atoms with Gasteiger partial charge in [-0.05, 0) is 23.8 Å². The van der Waals surface area contributed by atoms with Gasteiger partial charge in [0.15, 0.2) is 0 Å². The quantitative estimate of drug-likeness (QED) is 0.603. The molecule has 9 heteroatoms. The molecule has 2 aromatic rings. The number of aromatic nitrogens is 1. The molecule has 0 saturated heterocycles. The van der Waals surface area contributed by atoms with Gasteiger partial charge in [-0.15, -0.1) is 0 Å². The average Bonchev–Trinajstić information content (AvgIpc) is 2.63. The Kier molecular flexibility index (Phi) is 6.54. The van der Waals surface area contributed by atoms with E-state index >= 15 is 0 Å². The van der Waals surface area contributed by atoms with Crippen LogP contribution < -0.4 is 10.1 Å². The van der Waals surface area contributed by atoms with E-state index in [-0.39, 0.29) is 13.2 Å². The van der Waals surface area contributed by atoms with Crippen LogP contribution in [-0.4, -0.2) is 30.8 Å². The van der Waals surface area contributed by atoms with Gasteiger partial charge < -0.3 is 14.9 Å². The van der Waals surface area contributed by atoms with Gasteiger partial charge in [-0.1, -0.05) is 17.3 Å². The first-order valence-corrected chi connectivity index (χ1v) is 7.48. The van der Waals surface area contributed by atoms with E-state index in [1.54, 1.807) is 25.3 Å². The fourth-order valence-corrected chi connectivity index (χ4v) is 2.02. The minimum absolute atomic E-state index is 0.0941. The highest BCUT2D eigenvalue weighted by Crippen LogP contribution is 2.31. The van der Waals surface area contributed by atoms with Crippen molar-refractivity contribution in [1.82, 2.24) is 10.3 Å². The number of hydrogen-bond acceptors (Lipinski definition) is 5. The van der Waals surface area contributed by atoms with Crippen LogP contribution in [0.1, 0.15) is 21.5 Å². The van der Waals surface area contributed by atoms with Gasteiger partial charge in [0.1, 0.15) is 12.4 Å². The molecule has 1 amide bonds. The lowest BCUT2D eigenvalue weighted by Gasteiger charge is -2.11. The van der Waals surface area contributed by atoms with Crippen LogP contribution in [0.15, 0.2) is 47.9 Å². The maximum atomic E-state index is 12.8. The molecule has 0 bridgehead atoms. The summed E-state index contributed by atoms with van der Waals surface area (Å²) < 4.78 is 43.6. The van der Waals surface area contributed by atoms with E-state index in [1.807, 2.05) is 6.07 Å². The van der Waals surface area contributed by atoms with Crippen molar-refractivity contribution in [2.24, 2.45) is 5.16 Å². The summed E-state index contributed by atoms with van der Waals surface area (Å²) in [6.45, 7) is 0.0889. The van der Waals surface area contributed by atoms with Gasteiger partial charge in [0, 0.05) is 12.4 Å². The summed E-state index contributed by atoms with van der Waals surface area (Å²) in [5, 5.41) is 5.94. The van der Waals surface area contributed by atoms with Gasteiger partial charge in [-0.3, -0.25) is 9.78 Å². The number of rotatable bonds is 7. The molecule has 0 atom stereocenters. The zero-order valence-electron chi connectivity index (χ0n) is 13.8. The second kappa shape index (κ2) is 8.84. The lowest BCUT2D eigenvalue weighted by Crippen LogP contribution is -2.28. The second-order valence-corrected chi connectivity index (χ2v) is 5.04. The predicted octanol–water partition coefficient (Wildman–Crippen LogP) is 3.04. The van der Waals surface area contributed by atoms with E-state index < -0.39 is 23.2 Å². The Morgan fingerprint density at radius 1 is 1.35 bits per heavy atom. The summed E-state index contributed by atoms with van der Waals surface area (Å²) in [5.74, 6) is -0.219. The summed E-state index contributed by atoms with van der Waals surface area (Å²) in [6, 6.07) is 7.93. The SMILES string of the molecule is COc1cccc(CON=CCNC(=O)c2cnccc2C(F)(F)F)c1. The normalized spacial score (nSPS) is 11.4. The first kappa shape index (κ1) is 19.2. The Balaban J connectivity index is 1.82. The smallest absolute Gasteiger partial charge is 0.417 e. The molecular formula is C17H16F3N3O3. The standard InChI is InChI=1S/C17H16F3N3O3/c1-25-13-4-2-3-12(9-13)11-26-23-8-7-22-16(24)14-10-21-6-5-15(14)17(18,19)20/h2-6,8-10H,7,11H2,1H3,(H,22,24). The van der Waals surface area contributed by atoms with Crippen molar-refractivity contribution in [1.29, 1.82) is 0 Å². The number of pyridine rings is 1. The monoisotopic (exact) mass is 367 g/mol. The molecule has 2 rings (SSSR count). The number of nitrogens with zero attached hydrogens (tertiary/aromatic N) is 2. The number of hydrogen-bond donors (Lipinski definition) is 1. The topological polar surface area (TPSA) is 72.8 Å². The van der Waals surface area contributed by atoms with Crippen molar-refractivity contribution in [3.05, 3.63) is 59.4 Å². The number of alkyl halides is 3. The molecule has 0 aliphatic carbocycles. The van der Waals surface area contributed by atoms with Gasteiger partial charge >= 0.3 is 6.18 Å². The molecule has 0 saturated carbocycles. The highest BCUT2D eigenvalue weighted by molar-refractivity contribution is 5.96. The third kappa shape index (κ3) is 5.47. The molecular weight excluding hydrogens is 351 g/mol. The number of amides is 1. The molecule has 0 radical (unpaired) electrons. The van der Waals surface area contributed by atoms with E-state index in [0.29, 0.717) is 5.75 Å². The third-order valence-electron chi connectivity index (χ3n) is 3.24. The minimum atomic E-state index is -4.64. The number of nitrogens with one attached hydrogen (secondary N) is 1. The van der Waals surface area contributed by atoms with Gasteiger partial charge in [0.2, 0.25) is 0 Å². The Morgan fingerprint density at radius 3 is 2.88 bits per heavy atom. The molecule has 1 N–H and O–H groups in total. The van der Waals surface area contributed by atoms with E-state index in [4.69, 9.17) is 9.57 Å². The van der Waals surface area contributed by atoms with Crippen LogP contribution in [0, 0.1) is 0 Å². The summed E-state index contributed by atoms with van der Waals surface area (Å²) in [5.41, 5.74) is -0.766. The maximum Gasteiger partial charge on any atom is 0.417 e. The van der Waals surface area contributed by atoms with Gasteiger partial charge in [0.05, 0.1) is 31.0 Å². The summed E-state index contributed by atoms with van der Waals surface area (Å²) in [6.07, 6.45) is -1.55. The molecule has 0 fully saturated rings. The van der Waals surface area contributed by atoms with Crippen LogP contribution in [0.4, 0.5) is 13.2 Å². The molecule has 1 heterocycles. The van der Waals surface area contributed by atoms with Crippen molar-refractivity contribution in [3.8, 4) is 5.75 Å². The van der Waals surface area contributed by atoms with Crippen LogP contribution >= 0.6 is 0 Å². The number of oxime groups is 1. The number of halogens is 3. The number of methoxy groups -OCH3 is 1. The molecule has 0 aliphatic heterocycles. The van der Waals surface area contributed by atoms with Crippen molar-refractivity contribution >= 4 is 12.1 Å². The number of carbonyl (C=O) groups excluding carboxylic acids is 1. The number of ether oxygens (including phenoxy) is 1. The van der Waals surface area contributed by atoms with Crippen LogP contribution in [-0.2, 0) is 17.6 Å². The Morgan fingerprint density at radius 2 is 2.15 bits per heavy atom. The molecule has 0 spiro atoms. The fraction of sp³-hybridized carbons (Fsp3) is 0.235. The summed E-state index contributed by atoms with van der Waals surface area (Å²) in [4.78, 5) is 20.5. The fourth-order valence-electron chi connectivity index (χ4n) is 2.02. The van der Waals surface area contributed by atoms with Gasteiger partial charge in [0.25, 0.3) is 5.91 Å². The average molecular weight is 367 g/mol. The molecule has 6 nitrogen and oxygen atoms in total. The first-order valence-electron chi connectivity index (χ1n) is 7.48. The highest BCUT2D eigenvalue weighted by atomic mass is 19.4. The Labute approximate surface area is 147 Å². The molecule has 0 aliphatic rings. The van der Waals surface area contributed by atoms with Crippen LogP contribution in [0.3, 0.4) is 0 Å². The molecule has 1 aromatic heterocycles. The zero-order valence-corrected chi connectivity index (χ0v) is 13.8. The van der Waals surface area contributed by atoms with Crippen molar-refractivity contribution in [2.45, 2.75) is 12.8 Å². The van der Waals surface area contributed by atoms with Crippen LogP contribution in [0.2, 0.25) is 0 Å². The number of benzene rings is 1. The van der Waals surface area contributed by atoms with Crippen molar-refractivity contribution < 1.29 is 27.5 Å². The van der Waals surface area contributed by atoms with E-state index in [1.165, 1.54) is 6.21 Å². The third-order valence-corrected chi connectivity index (χ3v) is 3.24. The second-order valence-electron chi connectivity index (χ2n) is 5.04. The van der Waals surface area contributed by atoms with Crippen molar-refractivity contribution in [2.75, 3.05) is 13.7 Å². The molecule has 138 valence electrons. The van der Waals surface area contributed by atoms with E-state index in [9.17, 15) is 18.0 Å². The largest absolute Gasteiger partial charge is 0.497 e. The summed E-state index contributed by atoms with van der Waals surface area (Å²) in [7, 11) is 1.55. The van der Waals surface area contributed by atoms with E-state index in [0.717, 1.165) is 24.0 Å². The maximum absolute atomic E-state index is 12.8. The highest BCUT2D eigenvalue weighted by Gasteiger charge is 2.35. The number of carbonyl (C=O) groups is 1. The lowest BCUT2D eigenvalue weighted by atomic mass is 10.1. The van der Waals surface area contributed by atoms with Crippen LogP contribution in [0.5, 0.6) is 5.75 Å². The minimum Gasteiger partial charge on any atom is -0.497 e. The first-order chi connectivity index (χ1) is 12.4.